The zero-order valence-corrected chi connectivity index (χ0v) is 17.8. The molecule has 0 spiro atoms. The predicted molar refractivity (Wildman–Crippen MR) is 116 cm³/mol. The summed E-state index contributed by atoms with van der Waals surface area (Å²) in [5, 5.41) is 5.52. The van der Waals surface area contributed by atoms with Crippen LogP contribution in [0.25, 0.3) is 11.3 Å². The molecule has 9 nitrogen and oxygen atoms in total. The lowest BCUT2D eigenvalue weighted by molar-refractivity contribution is 0.251. The molecule has 0 fully saturated rings. The van der Waals surface area contributed by atoms with Gasteiger partial charge in [0.1, 0.15) is 12.1 Å². The summed E-state index contributed by atoms with van der Waals surface area (Å²) < 4.78 is 21.1. The molecule has 0 unspecified atom stereocenters. The van der Waals surface area contributed by atoms with Crippen molar-refractivity contribution in [2.45, 2.75) is 6.54 Å². The fourth-order valence-electron chi connectivity index (χ4n) is 2.91. The molecule has 0 aliphatic rings. The van der Waals surface area contributed by atoms with Crippen molar-refractivity contribution >= 4 is 11.7 Å². The largest absolute Gasteiger partial charge is 0.497 e. The third-order valence-corrected chi connectivity index (χ3v) is 4.46. The number of hydrogen-bond donors (Lipinski definition) is 2. The van der Waals surface area contributed by atoms with Crippen LogP contribution in [0, 0.1) is 0 Å². The van der Waals surface area contributed by atoms with Crippen LogP contribution in [0.4, 0.5) is 10.5 Å². The van der Waals surface area contributed by atoms with Crippen LogP contribution >= 0.6 is 0 Å². The summed E-state index contributed by atoms with van der Waals surface area (Å²) in [5.74, 6) is 2.10. The van der Waals surface area contributed by atoms with Crippen LogP contribution in [0.15, 0.2) is 48.8 Å². The zero-order valence-electron chi connectivity index (χ0n) is 17.8. The van der Waals surface area contributed by atoms with Gasteiger partial charge >= 0.3 is 6.03 Å². The maximum Gasteiger partial charge on any atom is 0.319 e. The van der Waals surface area contributed by atoms with Crippen molar-refractivity contribution in [1.82, 2.24) is 15.3 Å². The average Bonchev–Trinajstić information content (AvgIpc) is 2.82. The Morgan fingerprint density at radius 2 is 1.55 bits per heavy atom. The number of methoxy groups -OCH3 is 4. The van der Waals surface area contributed by atoms with Gasteiger partial charge in [-0.05, 0) is 30.3 Å². The molecule has 2 N–H and O–H groups in total. The van der Waals surface area contributed by atoms with Crippen molar-refractivity contribution in [2.24, 2.45) is 0 Å². The van der Waals surface area contributed by atoms with Crippen LogP contribution in [-0.2, 0) is 6.54 Å². The van der Waals surface area contributed by atoms with Gasteiger partial charge in [-0.3, -0.25) is 0 Å². The van der Waals surface area contributed by atoms with E-state index in [1.54, 1.807) is 19.2 Å². The molecule has 9 heteroatoms. The normalized spacial score (nSPS) is 10.2. The highest BCUT2D eigenvalue weighted by Gasteiger charge is 2.14. The molecular formula is C22H24N4O5. The van der Waals surface area contributed by atoms with E-state index in [2.05, 4.69) is 20.6 Å². The number of hydrogen-bond acceptors (Lipinski definition) is 7. The number of amides is 2. The number of nitrogens with one attached hydrogen (secondary N) is 2. The second kappa shape index (κ2) is 10.1. The molecule has 0 bridgehead atoms. The lowest BCUT2D eigenvalue weighted by atomic mass is 10.1. The van der Waals surface area contributed by atoms with Gasteiger partial charge in [0.25, 0.3) is 0 Å². The Balaban J connectivity index is 1.66. The molecule has 3 rings (SSSR count). The van der Waals surface area contributed by atoms with Crippen molar-refractivity contribution < 1.29 is 23.7 Å². The molecule has 31 heavy (non-hydrogen) atoms. The monoisotopic (exact) mass is 424 g/mol. The Morgan fingerprint density at radius 1 is 0.871 bits per heavy atom. The standard InChI is InChI=1S/C22H24N4O5/c1-28-17-7-5-14(6-8-17)18-9-16(24-13-25-18)12-23-22(27)26-15-10-19(29-2)21(31-4)20(11-15)30-3/h5-11,13H,12H2,1-4H3,(H2,23,26,27). The van der Waals surface area contributed by atoms with Gasteiger partial charge in [0.2, 0.25) is 5.75 Å². The van der Waals surface area contributed by atoms with Crippen LogP contribution in [0.5, 0.6) is 23.0 Å². The number of ether oxygens (including phenoxy) is 4. The van der Waals surface area contributed by atoms with E-state index in [1.807, 2.05) is 30.3 Å². The topological polar surface area (TPSA) is 104 Å². The minimum Gasteiger partial charge on any atom is -0.497 e. The summed E-state index contributed by atoms with van der Waals surface area (Å²) in [4.78, 5) is 20.9. The number of urea groups is 1. The molecule has 0 saturated carbocycles. The van der Waals surface area contributed by atoms with Gasteiger partial charge in [-0.1, -0.05) is 0 Å². The molecule has 2 amide bonds. The second-order valence-corrected chi connectivity index (χ2v) is 6.34. The van der Waals surface area contributed by atoms with Gasteiger partial charge in [-0.25, -0.2) is 14.8 Å². The van der Waals surface area contributed by atoms with Gasteiger partial charge in [0.05, 0.1) is 52.1 Å². The summed E-state index contributed by atoms with van der Waals surface area (Å²) in [6.45, 7) is 0.224. The van der Waals surface area contributed by atoms with Crippen molar-refractivity contribution in [3.05, 3.63) is 54.5 Å². The summed E-state index contributed by atoms with van der Waals surface area (Å²) in [5.41, 5.74) is 2.83. The molecule has 2 aromatic carbocycles. The third-order valence-electron chi connectivity index (χ3n) is 4.46. The minimum atomic E-state index is -0.404. The third kappa shape index (κ3) is 5.33. The number of carbonyl (C=O) groups is 1. The molecular weight excluding hydrogens is 400 g/mol. The molecule has 0 atom stereocenters. The second-order valence-electron chi connectivity index (χ2n) is 6.34. The molecule has 1 heterocycles. The predicted octanol–water partition coefficient (Wildman–Crippen LogP) is 3.50. The van der Waals surface area contributed by atoms with Crippen LogP contribution in [0.2, 0.25) is 0 Å². The van der Waals surface area contributed by atoms with Crippen LogP contribution < -0.4 is 29.6 Å². The number of rotatable bonds is 8. The first-order valence-corrected chi connectivity index (χ1v) is 9.38. The summed E-state index contributed by atoms with van der Waals surface area (Å²) in [7, 11) is 6.15. The Hall–Kier alpha value is -4.01. The lowest BCUT2D eigenvalue weighted by Gasteiger charge is -2.15. The van der Waals surface area contributed by atoms with Crippen molar-refractivity contribution in [2.75, 3.05) is 33.8 Å². The van der Waals surface area contributed by atoms with E-state index in [1.165, 1.54) is 27.7 Å². The van der Waals surface area contributed by atoms with E-state index in [0.717, 1.165) is 17.0 Å². The number of nitrogens with zero attached hydrogens (tertiary/aromatic N) is 2. The molecule has 0 aliphatic carbocycles. The maximum atomic E-state index is 12.4. The summed E-state index contributed by atoms with van der Waals surface area (Å²) in [6.07, 6.45) is 1.47. The summed E-state index contributed by atoms with van der Waals surface area (Å²) in [6, 6.07) is 12.3. The molecule has 0 saturated heterocycles. The van der Waals surface area contributed by atoms with E-state index < -0.39 is 6.03 Å². The number of carbonyl (C=O) groups excluding carboxylic acids is 1. The Kier molecular flexibility index (Phi) is 7.10. The van der Waals surface area contributed by atoms with Gasteiger partial charge < -0.3 is 29.6 Å². The van der Waals surface area contributed by atoms with Crippen LogP contribution in [-0.4, -0.2) is 44.4 Å². The van der Waals surface area contributed by atoms with E-state index in [9.17, 15) is 4.79 Å². The Bertz CT molecular complexity index is 1020. The Labute approximate surface area is 180 Å². The highest BCUT2D eigenvalue weighted by Crippen LogP contribution is 2.39. The minimum absolute atomic E-state index is 0.224. The van der Waals surface area contributed by atoms with E-state index in [4.69, 9.17) is 18.9 Å². The molecule has 162 valence electrons. The van der Waals surface area contributed by atoms with E-state index in [0.29, 0.717) is 28.6 Å². The van der Waals surface area contributed by atoms with Crippen LogP contribution in [0.1, 0.15) is 5.69 Å². The quantitative estimate of drug-likeness (QED) is 0.570. The molecule has 1 aromatic heterocycles. The van der Waals surface area contributed by atoms with Gasteiger partial charge in [0, 0.05) is 17.7 Å². The van der Waals surface area contributed by atoms with Crippen molar-refractivity contribution in [1.29, 1.82) is 0 Å². The van der Waals surface area contributed by atoms with E-state index in [-0.39, 0.29) is 6.54 Å². The number of anilines is 1. The van der Waals surface area contributed by atoms with Crippen molar-refractivity contribution in [3.63, 3.8) is 0 Å². The van der Waals surface area contributed by atoms with Gasteiger partial charge in [-0.15, -0.1) is 0 Å². The first-order chi connectivity index (χ1) is 15.1. The number of aromatic nitrogens is 2. The summed E-state index contributed by atoms with van der Waals surface area (Å²) >= 11 is 0. The smallest absolute Gasteiger partial charge is 0.319 e. The van der Waals surface area contributed by atoms with Crippen LogP contribution in [0.3, 0.4) is 0 Å². The van der Waals surface area contributed by atoms with Gasteiger partial charge in [0.15, 0.2) is 11.5 Å². The zero-order chi connectivity index (χ0) is 22.2. The first kappa shape index (κ1) is 21.7. The molecule has 0 radical (unpaired) electrons. The SMILES string of the molecule is COc1ccc(-c2cc(CNC(=O)Nc3cc(OC)c(OC)c(OC)c3)ncn2)cc1. The maximum absolute atomic E-state index is 12.4. The fourth-order valence-corrected chi connectivity index (χ4v) is 2.91. The van der Waals surface area contributed by atoms with Gasteiger partial charge in [-0.2, -0.15) is 0 Å². The first-order valence-electron chi connectivity index (χ1n) is 9.38. The Morgan fingerprint density at radius 3 is 2.13 bits per heavy atom. The molecule has 3 aromatic rings. The average molecular weight is 424 g/mol. The van der Waals surface area contributed by atoms with Crippen molar-refractivity contribution in [3.8, 4) is 34.3 Å². The lowest BCUT2D eigenvalue weighted by Crippen LogP contribution is -2.28. The highest BCUT2D eigenvalue weighted by atomic mass is 16.5. The molecule has 0 aliphatic heterocycles. The number of benzene rings is 2. The fraction of sp³-hybridized carbons (Fsp3) is 0.227. The van der Waals surface area contributed by atoms with E-state index >= 15 is 0 Å². The highest BCUT2D eigenvalue weighted by molar-refractivity contribution is 5.90.